The average Bonchev–Trinajstić information content (AvgIpc) is 2.54. The van der Waals surface area contributed by atoms with Crippen LogP contribution in [0.25, 0.3) is 0 Å². The first-order valence-electron chi connectivity index (χ1n) is 6.84. The number of rotatable bonds is 7. The zero-order valence-electron chi connectivity index (χ0n) is 12.3. The fraction of sp³-hybridized carbons (Fsp3) is 0.167. The van der Waals surface area contributed by atoms with Crippen LogP contribution < -0.4 is 5.32 Å². The van der Waals surface area contributed by atoms with Gasteiger partial charge in [0.2, 0.25) is 0 Å². The number of benzene rings is 1. The van der Waals surface area contributed by atoms with Crippen molar-refractivity contribution in [2.75, 3.05) is 6.26 Å². The zero-order valence-corrected chi connectivity index (χ0v) is 13.1. The summed E-state index contributed by atoms with van der Waals surface area (Å²) in [5, 5.41) is 3.24. The van der Waals surface area contributed by atoms with E-state index in [9.17, 15) is 0 Å². The maximum atomic E-state index is 4.53. The third kappa shape index (κ3) is 4.50. The second kappa shape index (κ2) is 7.70. The molecule has 0 aliphatic carbocycles. The molecule has 1 N–H and O–H groups in total. The third-order valence-corrected chi connectivity index (χ3v) is 3.97. The Morgan fingerprint density at radius 3 is 2.95 bits per heavy atom. The molecule has 2 rings (SSSR count). The van der Waals surface area contributed by atoms with Gasteiger partial charge in [0.25, 0.3) is 0 Å². The number of hydrogen-bond donors (Lipinski definition) is 1. The molecule has 0 spiro atoms. The minimum Gasteiger partial charge on any atom is -0.381 e. The van der Waals surface area contributed by atoms with Crippen LogP contribution >= 0.6 is 11.8 Å². The molecule has 2 aromatic rings. The number of hydrogen-bond acceptors (Lipinski definition) is 3. The summed E-state index contributed by atoms with van der Waals surface area (Å²) in [6.45, 7) is 8.29. The molecular formula is C18H20N2S. The highest BCUT2D eigenvalue weighted by Crippen LogP contribution is 2.19. The van der Waals surface area contributed by atoms with Gasteiger partial charge in [0.05, 0.1) is 0 Å². The number of aromatic nitrogens is 1. The highest BCUT2D eigenvalue weighted by atomic mass is 32.2. The summed E-state index contributed by atoms with van der Waals surface area (Å²) < 4.78 is 0. The summed E-state index contributed by atoms with van der Waals surface area (Å²) in [6, 6.07) is 12.7. The van der Waals surface area contributed by atoms with E-state index in [4.69, 9.17) is 0 Å². The lowest BCUT2D eigenvalue weighted by Gasteiger charge is -2.11. The molecule has 1 aromatic heterocycles. The van der Waals surface area contributed by atoms with Crippen molar-refractivity contribution < 1.29 is 0 Å². The van der Waals surface area contributed by atoms with Crippen LogP contribution in [0.15, 0.2) is 72.4 Å². The van der Waals surface area contributed by atoms with E-state index >= 15 is 0 Å². The SMILES string of the molecule is C=CC(=C)NCc1cccnc1Cc1cccc(SC)c1. The lowest BCUT2D eigenvalue weighted by Crippen LogP contribution is -2.12. The average molecular weight is 296 g/mol. The van der Waals surface area contributed by atoms with E-state index in [1.165, 1.54) is 16.0 Å². The number of pyridine rings is 1. The Bertz CT molecular complexity index is 635. The summed E-state index contributed by atoms with van der Waals surface area (Å²) in [7, 11) is 0. The van der Waals surface area contributed by atoms with Crippen LogP contribution in [0.5, 0.6) is 0 Å². The zero-order chi connectivity index (χ0) is 15.1. The Labute approximate surface area is 131 Å². The van der Waals surface area contributed by atoms with Gasteiger partial charge in [-0.05, 0) is 41.7 Å². The van der Waals surface area contributed by atoms with Crippen LogP contribution in [0.2, 0.25) is 0 Å². The van der Waals surface area contributed by atoms with Crippen LogP contribution in [0, 0.1) is 0 Å². The molecule has 0 amide bonds. The third-order valence-electron chi connectivity index (χ3n) is 3.24. The van der Waals surface area contributed by atoms with E-state index in [1.807, 2.05) is 12.3 Å². The largest absolute Gasteiger partial charge is 0.381 e. The second-order valence-corrected chi connectivity index (χ2v) is 5.60. The molecule has 21 heavy (non-hydrogen) atoms. The van der Waals surface area contributed by atoms with E-state index in [-0.39, 0.29) is 0 Å². The van der Waals surface area contributed by atoms with Gasteiger partial charge in [-0.1, -0.05) is 31.4 Å². The van der Waals surface area contributed by atoms with Gasteiger partial charge in [-0.15, -0.1) is 11.8 Å². The lowest BCUT2D eigenvalue weighted by molar-refractivity contribution is 0.814. The van der Waals surface area contributed by atoms with Gasteiger partial charge in [0.1, 0.15) is 0 Å². The molecule has 0 aliphatic heterocycles. The minimum absolute atomic E-state index is 0.718. The molecular weight excluding hydrogens is 276 g/mol. The molecule has 0 aliphatic rings. The van der Waals surface area contributed by atoms with Crippen LogP contribution in [0.1, 0.15) is 16.8 Å². The number of allylic oxidation sites excluding steroid dienone is 1. The van der Waals surface area contributed by atoms with E-state index in [1.54, 1.807) is 17.8 Å². The molecule has 0 bridgehead atoms. The molecule has 1 aromatic carbocycles. The molecule has 0 unspecified atom stereocenters. The van der Waals surface area contributed by atoms with Crippen LogP contribution in [0.3, 0.4) is 0 Å². The number of thioether (sulfide) groups is 1. The van der Waals surface area contributed by atoms with Gasteiger partial charge in [-0.3, -0.25) is 4.98 Å². The summed E-state index contributed by atoms with van der Waals surface area (Å²) >= 11 is 1.76. The van der Waals surface area contributed by atoms with Crippen LogP contribution in [0.4, 0.5) is 0 Å². The van der Waals surface area contributed by atoms with Crippen LogP contribution in [-0.4, -0.2) is 11.2 Å². The van der Waals surface area contributed by atoms with E-state index in [2.05, 4.69) is 60.0 Å². The van der Waals surface area contributed by atoms with E-state index in [0.29, 0.717) is 0 Å². The van der Waals surface area contributed by atoms with Crippen molar-refractivity contribution in [2.45, 2.75) is 17.9 Å². The van der Waals surface area contributed by atoms with Crippen LogP contribution in [-0.2, 0) is 13.0 Å². The van der Waals surface area contributed by atoms with Crippen molar-refractivity contribution in [3.05, 3.63) is 84.3 Å². The normalized spacial score (nSPS) is 10.1. The van der Waals surface area contributed by atoms with Crippen molar-refractivity contribution in [1.82, 2.24) is 10.3 Å². The molecule has 3 heteroatoms. The smallest absolute Gasteiger partial charge is 0.0497 e. The van der Waals surface area contributed by atoms with Gasteiger partial charge < -0.3 is 5.32 Å². The summed E-state index contributed by atoms with van der Waals surface area (Å²) in [5.41, 5.74) is 4.40. The van der Waals surface area contributed by atoms with E-state index in [0.717, 1.165) is 24.4 Å². The molecule has 0 atom stereocenters. The lowest BCUT2D eigenvalue weighted by atomic mass is 10.1. The Balaban J connectivity index is 2.15. The molecule has 108 valence electrons. The van der Waals surface area contributed by atoms with Crippen molar-refractivity contribution in [1.29, 1.82) is 0 Å². The molecule has 1 heterocycles. The molecule has 0 fully saturated rings. The summed E-state index contributed by atoms with van der Waals surface area (Å²) in [6.07, 6.45) is 6.50. The van der Waals surface area contributed by atoms with Crippen molar-refractivity contribution in [3.63, 3.8) is 0 Å². The maximum absolute atomic E-state index is 4.53. The van der Waals surface area contributed by atoms with Gasteiger partial charge >= 0.3 is 0 Å². The first kappa shape index (κ1) is 15.4. The highest BCUT2D eigenvalue weighted by Gasteiger charge is 2.05. The molecule has 0 saturated heterocycles. The second-order valence-electron chi connectivity index (χ2n) is 4.72. The monoisotopic (exact) mass is 296 g/mol. The Hall–Kier alpha value is -2.00. The topological polar surface area (TPSA) is 24.9 Å². The fourth-order valence-electron chi connectivity index (χ4n) is 2.05. The Morgan fingerprint density at radius 1 is 1.33 bits per heavy atom. The number of nitrogens with one attached hydrogen (secondary N) is 1. The minimum atomic E-state index is 0.718. The van der Waals surface area contributed by atoms with Crippen molar-refractivity contribution in [3.8, 4) is 0 Å². The van der Waals surface area contributed by atoms with Gasteiger partial charge in [0, 0.05) is 35.4 Å². The molecule has 0 radical (unpaired) electrons. The Kier molecular flexibility index (Phi) is 5.64. The van der Waals surface area contributed by atoms with Crippen molar-refractivity contribution >= 4 is 11.8 Å². The van der Waals surface area contributed by atoms with Crippen molar-refractivity contribution in [2.24, 2.45) is 0 Å². The quantitative estimate of drug-likeness (QED) is 0.613. The predicted octanol–water partition coefficient (Wildman–Crippen LogP) is 4.18. The first-order chi connectivity index (χ1) is 10.2. The first-order valence-corrected chi connectivity index (χ1v) is 8.06. The molecule has 2 nitrogen and oxygen atoms in total. The summed E-state index contributed by atoms with van der Waals surface area (Å²) in [4.78, 5) is 5.81. The fourth-order valence-corrected chi connectivity index (χ4v) is 2.53. The number of nitrogens with zero attached hydrogens (tertiary/aromatic N) is 1. The van der Waals surface area contributed by atoms with Gasteiger partial charge in [-0.2, -0.15) is 0 Å². The summed E-state index contributed by atoms with van der Waals surface area (Å²) in [5.74, 6) is 0. The standard InChI is InChI=1S/C18H20N2S/c1-4-14(2)20-13-16-8-6-10-19-18(16)12-15-7-5-9-17(11-15)21-3/h4-11,20H,1-2,12-13H2,3H3. The Morgan fingerprint density at radius 2 is 2.19 bits per heavy atom. The maximum Gasteiger partial charge on any atom is 0.0497 e. The highest BCUT2D eigenvalue weighted by molar-refractivity contribution is 7.98. The molecule has 0 saturated carbocycles. The van der Waals surface area contributed by atoms with E-state index < -0.39 is 0 Å². The predicted molar refractivity (Wildman–Crippen MR) is 91.4 cm³/mol. The van der Waals surface area contributed by atoms with Gasteiger partial charge in [0.15, 0.2) is 0 Å². The van der Waals surface area contributed by atoms with Gasteiger partial charge in [-0.25, -0.2) is 0 Å².